The van der Waals surface area contributed by atoms with E-state index in [1.165, 1.54) is 7.11 Å². The highest BCUT2D eigenvalue weighted by Crippen LogP contribution is 2.27. The third kappa shape index (κ3) is 4.18. The Morgan fingerprint density at radius 3 is 2.83 bits per heavy atom. The molecule has 1 aromatic rings. The van der Waals surface area contributed by atoms with Crippen LogP contribution in [0, 0.1) is 0 Å². The molecule has 0 saturated heterocycles. The van der Waals surface area contributed by atoms with Gasteiger partial charge in [-0.05, 0) is 25.1 Å². The molecule has 1 rings (SSSR count). The second-order valence-electron chi connectivity index (χ2n) is 3.63. The van der Waals surface area contributed by atoms with E-state index in [0.29, 0.717) is 23.1 Å². The lowest BCUT2D eigenvalue weighted by atomic mass is 10.2. The molecule has 0 saturated carbocycles. The number of nitrogens with two attached hydrogens (primary N) is 1. The summed E-state index contributed by atoms with van der Waals surface area (Å²) >= 11 is 6.00. The minimum Gasteiger partial charge on any atom is -0.492 e. The van der Waals surface area contributed by atoms with Crippen LogP contribution in [0.2, 0.25) is 5.02 Å². The minimum absolute atomic E-state index is 0.163. The summed E-state index contributed by atoms with van der Waals surface area (Å²) < 4.78 is 10.1. The van der Waals surface area contributed by atoms with Crippen molar-refractivity contribution < 1.29 is 14.3 Å². The SMILES string of the molecule is CCOc1ccc(NC(=O)C(N)COC)cc1Cl. The van der Waals surface area contributed by atoms with Crippen LogP contribution >= 0.6 is 11.6 Å². The van der Waals surface area contributed by atoms with E-state index in [9.17, 15) is 4.79 Å². The molecule has 0 heterocycles. The number of methoxy groups -OCH3 is 1. The molecule has 0 aliphatic rings. The molecule has 18 heavy (non-hydrogen) atoms. The number of rotatable bonds is 6. The summed E-state index contributed by atoms with van der Waals surface area (Å²) in [6.45, 7) is 2.57. The molecule has 100 valence electrons. The quantitative estimate of drug-likeness (QED) is 0.826. The highest BCUT2D eigenvalue weighted by atomic mass is 35.5. The Bertz CT molecular complexity index is 412. The number of amides is 1. The summed E-state index contributed by atoms with van der Waals surface area (Å²) in [5, 5.41) is 3.09. The van der Waals surface area contributed by atoms with Crippen molar-refractivity contribution in [3.63, 3.8) is 0 Å². The molecule has 5 nitrogen and oxygen atoms in total. The summed E-state index contributed by atoms with van der Waals surface area (Å²) in [5.41, 5.74) is 6.17. The van der Waals surface area contributed by atoms with Crippen LogP contribution < -0.4 is 15.8 Å². The van der Waals surface area contributed by atoms with E-state index in [-0.39, 0.29) is 12.5 Å². The summed E-state index contributed by atoms with van der Waals surface area (Å²) in [6.07, 6.45) is 0. The third-order valence-electron chi connectivity index (χ3n) is 2.18. The van der Waals surface area contributed by atoms with Gasteiger partial charge in [0, 0.05) is 12.8 Å². The highest BCUT2D eigenvalue weighted by Gasteiger charge is 2.13. The van der Waals surface area contributed by atoms with Crippen LogP contribution in [0.1, 0.15) is 6.92 Å². The standard InChI is InChI=1S/C12H17ClN2O3/c1-3-18-11-5-4-8(6-9(11)13)15-12(16)10(14)7-17-2/h4-6,10H,3,7,14H2,1-2H3,(H,15,16). The van der Waals surface area contributed by atoms with E-state index >= 15 is 0 Å². The Hall–Kier alpha value is -1.30. The largest absolute Gasteiger partial charge is 0.492 e. The Labute approximate surface area is 111 Å². The molecule has 0 aromatic heterocycles. The molecular weight excluding hydrogens is 256 g/mol. The number of halogens is 1. The van der Waals surface area contributed by atoms with Gasteiger partial charge < -0.3 is 20.5 Å². The lowest BCUT2D eigenvalue weighted by Gasteiger charge is -2.12. The van der Waals surface area contributed by atoms with Crippen LogP contribution in [0.15, 0.2) is 18.2 Å². The van der Waals surface area contributed by atoms with E-state index in [1.807, 2.05) is 6.92 Å². The molecular formula is C12H17ClN2O3. The van der Waals surface area contributed by atoms with Gasteiger partial charge in [-0.3, -0.25) is 4.79 Å². The first-order valence-corrected chi connectivity index (χ1v) is 5.94. The molecule has 0 aliphatic heterocycles. The number of ether oxygens (including phenoxy) is 2. The second kappa shape index (κ2) is 7.20. The van der Waals surface area contributed by atoms with Gasteiger partial charge in [0.05, 0.1) is 18.2 Å². The zero-order valence-electron chi connectivity index (χ0n) is 10.4. The van der Waals surface area contributed by atoms with Crippen LogP contribution in [-0.4, -0.2) is 32.3 Å². The first-order chi connectivity index (χ1) is 8.58. The van der Waals surface area contributed by atoms with Gasteiger partial charge in [-0.2, -0.15) is 0 Å². The molecule has 1 unspecified atom stereocenters. The summed E-state index contributed by atoms with van der Waals surface area (Å²) in [5.74, 6) is 0.260. The molecule has 1 aromatic carbocycles. The molecule has 0 bridgehead atoms. The molecule has 0 fully saturated rings. The van der Waals surface area contributed by atoms with Gasteiger partial charge >= 0.3 is 0 Å². The Kier molecular flexibility index (Phi) is 5.91. The predicted octanol–water partition coefficient (Wildman–Crippen LogP) is 1.65. The van der Waals surface area contributed by atoms with Crippen molar-refractivity contribution in [3.05, 3.63) is 23.2 Å². The monoisotopic (exact) mass is 272 g/mol. The summed E-state index contributed by atoms with van der Waals surface area (Å²) in [4.78, 5) is 11.6. The van der Waals surface area contributed by atoms with Crippen molar-refractivity contribution >= 4 is 23.2 Å². The van der Waals surface area contributed by atoms with Gasteiger partial charge in [-0.25, -0.2) is 0 Å². The van der Waals surface area contributed by atoms with Crippen molar-refractivity contribution in [1.82, 2.24) is 0 Å². The fraction of sp³-hybridized carbons (Fsp3) is 0.417. The van der Waals surface area contributed by atoms with Gasteiger partial charge in [-0.15, -0.1) is 0 Å². The molecule has 0 spiro atoms. The van der Waals surface area contributed by atoms with E-state index in [0.717, 1.165) is 0 Å². The molecule has 0 radical (unpaired) electrons. The van der Waals surface area contributed by atoms with Crippen LogP contribution in [0.5, 0.6) is 5.75 Å². The Balaban J connectivity index is 2.68. The fourth-order valence-corrected chi connectivity index (χ4v) is 1.58. The molecule has 1 amide bonds. The number of hydrogen-bond donors (Lipinski definition) is 2. The molecule has 1 atom stereocenters. The molecule has 0 aliphatic carbocycles. The van der Waals surface area contributed by atoms with Crippen LogP contribution in [0.3, 0.4) is 0 Å². The highest BCUT2D eigenvalue weighted by molar-refractivity contribution is 6.32. The van der Waals surface area contributed by atoms with Crippen molar-refractivity contribution in [1.29, 1.82) is 0 Å². The first-order valence-electron chi connectivity index (χ1n) is 5.56. The maximum atomic E-state index is 11.6. The maximum absolute atomic E-state index is 11.6. The minimum atomic E-state index is -0.708. The fourth-order valence-electron chi connectivity index (χ4n) is 1.34. The van der Waals surface area contributed by atoms with Crippen molar-refractivity contribution in [3.8, 4) is 5.75 Å². The summed E-state index contributed by atoms with van der Waals surface area (Å²) in [7, 11) is 1.49. The number of carbonyl (C=O) groups excluding carboxylic acids is 1. The molecule has 6 heteroatoms. The van der Waals surface area contributed by atoms with E-state index in [2.05, 4.69) is 5.32 Å². The maximum Gasteiger partial charge on any atom is 0.243 e. The number of carbonyl (C=O) groups is 1. The smallest absolute Gasteiger partial charge is 0.243 e. The van der Waals surface area contributed by atoms with Gasteiger partial charge in [0.25, 0.3) is 0 Å². The van der Waals surface area contributed by atoms with E-state index < -0.39 is 6.04 Å². The number of nitrogens with one attached hydrogen (secondary N) is 1. The van der Waals surface area contributed by atoms with Crippen LogP contribution in [0.4, 0.5) is 5.69 Å². The van der Waals surface area contributed by atoms with Crippen LogP contribution in [0.25, 0.3) is 0 Å². The number of benzene rings is 1. The lowest BCUT2D eigenvalue weighted by molar-refractivity contribution is -0.118. The Morgan fingerprint density at radius 1 is 1.56 bits per heavy atom. The van der Waals surface area contributed by atoms with Crippen LogP contribution in [-0.2, 0) is 9.53 Å². The zero-order chi connectivity index (χ0) is 13.5. The second-order valence-corrected chi connectivity index (χ2v) is 4.04. The molecule has 3 N–H and O–H groups in total. The third-order valence-corrected chi connectivity index (χ3v) is 2.48. The van der Waals surface area contributed by atoms with Crippen molar-refractivity contribution in [2.75, 3.05) is 25.6 Å². The van der Waals surface area contributed by atoms with E-state index in [1.54, 1.807) is 18.2 Å². The predicted molar refractivity (Wildman–Crippen MR) is 71.1 cm³/mol. The first kappa shape index (κ1) is 14.8. The van der Waals surface area contributed by atoms with Gasteiger partial charge in [0.1, 0.15) is 11.8 Å². The topological polar surface area (TPSA) is 73.6 Å². The Morgan fingerprint density at radius 2 is 2.28 bits per heavy atom. The van der Waals surface area contributed by atoms with Gasteiger partial charge in [0.2, 0.25) is 5.91 Å². The number of anilines is 1. The average molecular weight is 273 g/mol. The zero-order valence-corrected chi connectivity index (χ0v) is 11.2. The van der Waals surface area contributed by atoms with Gasteiger partial charge in [0.15, 0.2) is 0 Å². The van der Waals surface area contributed by atoms with Crippen molar-refractivity contribution in [2.24, 2.45) is 5.73 Å². The van der Waals surface area contributed by atoms with Gasteiger partial charge in [-0.1, -0.05) is 11.6 Å². The van der Waals surface area contributed by atoms with E-state index in [4.69, 9.17) is 26.8 Å². The normalized spacial score (nSPS) is 12.0. The average Bonchev–Trinajstić information content (AvgIpc) is 2.33. The lowest BCUT2D eigenvalue weighted by Crippen LogP contribution is -2.39. The summed E-state index contributed by atoms with van der Waals surface area (Å²) in [6, 6.07) is 4.31. The number of hydrogen-bond acceptors (Lipinski definition) is 4. The van der Waals surface area contributed by atoms with Crippen molar-refractivity contribution in [2.45, 2.75) is 13.0 Å².